The number of nitrogen functional groups attached to an aromatic ring is 1. The van der Waals surface area contributed by atoms with Crippen molar-refractivity contribution >= 4 is 34.4 Å². The number of aldehydes is 1. The summed E-state index contributed by atoms with van der Waals surface area (Å²) >= 11 is 0. The summed E-state index contributed by atoms with van der Waals surface area (Å²) < 4.78 is 2.29. The van der Waals surface area contributed by atoms with Gasteiger partial charge in [0.1, 0.15) is 12.1 Å². The minimum atomic E-state index is 0.450. The van der Waals surface area contributed by atoms with Crippen LogP contribution < -0.4 is 11.1 Å². The molecular formula is C44H44N4O. The molecule has 3 N–H and O–H groups in total. The maximum absolute atomic E-state index is 10.0. The number of anilines is 3. The summed E-state index contributed by atoms with van der Waals surface area (Å²) in [6.07, 6.45) is 0.833. The van der Waals surface area contributed by atoms with Crippen molar-refractivity contribution in [3.63, 3.8) is 0 Å². The molecule has 0 unspecified atom stereocenters. The van der Waals surface area contributed by atoms with Crippen LogP contribution in [0.2, 0.25) is 0 Å². The summed E-state index contributed by atoms with van der Waals surface area (Å²) in [5, 5.41) is 3.40. The highest BCUT2D eigenvalue weighted by atomic mass is 16.1. The number of nitrogens with one attached hydrogen (secondary N) is 1. The first-order valence-corrected chi connectivity index (χ1v) is 16.7. The van der Waals surface area contributed by atoms with Crippen molar-refractivity contribution < 1.29 is 4.79 Å². The summed E-state index contributed by atoms with van der Waals surface area (Å²) in [5.74, 6) is 1.93. The monoisotopic (exact) mass is 644 g/mol. The zero-order chi connectivity index (χ0) is 34.6. The van der Waals surface area contributed by atoms with Crippen LogP contribution in [0, 0.1) is 0 Å². The van der Waals surface area contributed by atoms with E-state index >= 15 is 0 Å². The van der Waals surface area contributed by atoms with E-state index in [4.69, 9.17) is 10.7 Å². The maximum Gasteiger partial charge on any atom is 0.150 e. The molecule has 7 aromatic rings. The molecule has 0 atom stereocenters. The molecule has 1 aromatic heterocycles. The van der Waals surface area contributed by atoms with Gasteiger partial charge in [0, 0.05) is 16.8 Å². The fourth-order valence-electron chi connectivity index (χ4n) is 5.63. The molecule has 49 heavy (non-hydrogen) atoms. The number of fused-ring (bicyclic) bond motifs is 1. The van der Waals surface area contributed by atoms with Crippen LogP contribution in [0.15, 0.2) is 158 Å². The standard InChI is InChI=1S/C22H20N2.C15H18N2.C7H6O/c1-16(2)18-12-6-8-14-20(18)24-21-15-9-7-13-19(21)23-22(24)17-10-4-3-5-11-17;1-11(2)12-7-3-5-9-14(12)17-15-10-6-4-8-13(15)16;8-6-7-4-2-1-3-5-7/h3-16H,1-2H3;3-11,17H,16H2,1-2H3;1-6H. The van der Waals surface area contributed by atoms with Gasteiger partial charge in [0.25, 0.3) is 0 Å². The SMILES string of the molecule is CC(C)c1ccccc1-n1c(-c2ccccc2)nc2ccccc21.CC(C)c1ccccc1Nc1ccccc1N.O=Cc1ccccc1. The summed E-state index contributed by atoms with van der Waals surface area (Å²) in [5.41, 5.74) is 16.7. The van der Waals surface area contributed by atoms with Crippen molar-refractivity contribution in [1.29, 1.82) is 0 Å². The molecule has 0 amide bonds. The Balaban J connectivity index is 0.000000162. The highest BCUT2D eigenvalue weighted by molar-refractivity contribution is 5.83. The fraction of sp³-hybridized carbons (Fsp3) is 0.136. The molecule has 0 spiro atoms. The molecular weight excluding hydrogens is 601 g/mol. The van der Waals surface area contributed by atoms with Gasteiger partial charge in [-0.2, -0.15) is 0 Å². The lowest BCUT2D eigenvalue weighted by Crippen LogP contribution is -2.03. The molecule has 0 aliphatic heterocycles. The Morgan fingerprint density at radius 3 is 1.76 bits per heavy atom. The quantitative estimate of drug-likeness (QED) is 0.134. The van der Waals surface area contributed by atoms with Gasteiger partial charge in [-0.15, -0.1) is 0 Å². The first kappa shape index (κ1) is 34.4. The molecule has 6 aromatic carbocycles. The number of carbonyl (C=O) groups excluding carboxylic acids is 1. The van der Waals surface area contributed by atoms with E-state index in [1.165, 1.54) is 16.8 Å². The summed E-state index contributed by atoms with van der Waals surface area (Å²) in [4.78, 5) is 14.9. The predicted molar refractivity (Wildman–Crippen MR) is 207 cm³/mol. The van der Waals surface area contributed by atoms with Crippen LogP contribution in [0.1, 0.15) is 61.0 Å². The second kappa shape index (κ2) is 16.8. The van der Waals surface area contributed by atoms with Crippen molar-refractivity contribution in [2.24, 2.45) is 0 Å². The summed E-state index contributed by atoms with van der Waals surface area (Å²) in [7, 11) is 0. The van der Waals surface area contributed by atoms with Crippen LogP contribution in [0.3, 0.4) is 0 Å². The number of nitrogens with two attached hydrogens (primary N) is 1. The Morgan fingerprint density at radius 1 is 0.592 bits per heavy atom. The highest BCUT2D eigenvalue weighted by Gasteiger charge is 2.17. The second-order valence-corrected chi connectivity index (χ2v) is 12.3. The Kier molecular flexibility index (Phi) is 11.8. The van der Waals surface area contributed by atoms with Crippen molar-refractivity contribution in [2.75, 3.05) is 11.1 Å². The van der Waals surface area contributed by atoms with Crippen LogP contribution >= 0.6 is 0 Å². The molecule has 5 heteroatoms. The van der Waals surface area contributed by atoms with Gasteiger partial charge in [-0.3, -0.25) is 9.36 Å². The molecule has 0 aliphatic carbocycles. The second-order valence-electron chi connectivity index (χ2n) is 12.3. The smallest absolute Gasteiger partial charge is 0.150 e. The van der Waals surface area contributed by atoms with E-state index in [2.05, 4.69) is 123 Å². The van der Waals surface area contributed by atoms with Crippen LogP contribution in [0.5, 0.6) is 0 Å². The lowest BCUT2D eigenvalue weighted by Gasteiger charge is -2.16. The van der Waals surface area contributed by atoms with E-state index in [0.717, 1.165) is 51.3 Å². The van der Waals surface area contributed by atoms with E-state index in [9.17, 15) is 4.79 Å². The van der Waals surface area contributed by atoms with E-state index in [0.29, 0.717) is 11.8 Å². The number of rotatable bonds is 7. The average Bonchev–Trinajstić information content (AvgIpc) is 3.54. The number of hydrogen-bond donors (Lipinski definition) is 2. The van der Waals surface area contributed by atoms with Gasteiger partial charge in [-0.05, 0) is 59.4 Å². The molecule has 246 valence electrons. The van der Waals surface area contributed by atoms with Crippen molar-refractivity contribution in [3.05, 3.63) is 174 Å². The van der Waals surface area contributed by atoms with E-state index < -0.39 is 0 Å². The van der Waals surface area contributed by atoms with E-state index in [-0.39, 0.29) is 0 Å². The number of imidazole rings is 1. The van der Waals surface area contributed by atoms with E-state index in [1.54, 1.807) is 12.1 Å². The molecule has 0 fully saturated rings. The van der Waals surface area contributed by atoms with Gasteiger partial charge in [-0.25, -0.2) is 4.98 Å². The van der Waals surface area contributed by atoms with Crippen LogP contribution in [-0.4, -0.2) is 15.8 Å². The number of carbonyl (C=O) groups is 1. The van der Waals surface area contributed by atoms with Crippen molar-refractivity contribution in [2.45, 2.75) is 39.5 Å². The highest BCUT2D eigenvalue weighted by Crippen LogP contribution is 2.32. The lowest BCUT2D eigenvalue weighted by molar-refractivity contribution is 0.112. The topological polar surface area (TPSA) is 72.9 Å². The maximum atomic E-state index is 10.0. The normalized spacial score (nSPS) is 10.6. The molecule has 5 nitrogen and oxygen atoms in total. The third-order valence-electron chi connectivity index (χ3n) is 8.14. The number of benzene rings is 6. The molecule has 0 saturated heterocycles. The third-order valence-corrected chi connectivity index (χ3v) is 8.14. The Bertz CT molecular complexity index is 2080. The molecule has 0 aliphatic rings. The zero-order valence-corrected chi connectivity index (χ0v) is 28.6. The van der Waals surface area contributed by atoms with Gasteiger partial charge < -0.3 is 11.1 Å². The Morgan fingerprint density at radius 2 is 1.12 bits per heavy atom. The van der Waals surface area contributed by atoms with Crippen molar-refractivity contribution in [3.8, 4) is 17.1 Å². The van der Waals surface area contributed by atoms with Crippen LogP contribution in [-0.2, 0) is 0 Å². The van der Waals surface area contributed by atoms with Crippen molar-refractivity contribution in [1.82, 2.24) is 9.55 Å². The number of aromatic nitrogens is 2. The third kappa shape index (κ3) is 8.70. The lowest BCUT2D eigenvalue weighted by atomic mass is 10.0. The zero-order valence-electron chi connectivity index (χ0n) is 28.6. The number of nitrogens with zero attached hydrogens (tertiary/aromatic N) is 2. The molecule has 7 rings (SSSR count). The fourth-order valence-corrected chi connectivity index (χ4v) is 5.63. The first-order valence-electron chi connectivity index (χ1n) is 16.7. The van der Waals surface area contributed by atoms with Crippen LogP contribution in [0.25, 0.3) is 28.1 Å². The van der Waals surface area contributed by atoms with Gasteiger partial charge in [0.05, 0.1) is 28.1 Å². The van der Waals surface area contributed by atoms with Crippen LogP contribution in [0.4, 0.5) is 17.1 Å². The summed E-state index contributed by atoms with van der Waals surface area (Å²) in [6.45, 7) is 8.85. The molecule has 0 bridgehead atoms. The Hall–Kier alpha value is -5.94. The predicted octanol–water partition coefficient (Wildman–Crippen LogP) is 11.5. The molecule has 1 heterocycles. The minimum absolute atomic E-state index is 0.450. The number of para-hydroxylation sites is 6. The van der Waals surface area contributed by atoms with Gasteiger partial charge >= 0.3 is 0 Å². The van der Waals surface area contributed by atoms with E-state index in [1.807, 2.05) is 60.7 Å². The van der Waals surface area contributed by atoms with Gasteiger partial charge in [0.15, 0.2) is 0 Å². The molecule has 0 radical (unpaired) electrons. The molecule has 0 saturated carbocycles. The summed E-state index contributed by atoms with van der Waals surface area (Å²) in [6, 6.07) is 52.6. The first-order chi connectivity index (χ1) is 23.9. The average molecular weight is 645 g/mol. The van der Waals surface area contributed by atoms with Gasteiger partial charge in [0.2, 0.25) is 0 Å². The number of hydrogen-bond acceptors (Lipinski definition) is 4. The Labute approximate surface area is 290 Å². The largest absolute Gasteiger partial charge is 0.397 e. The minimum Gasteiger partial charge on any atom is -0.397 e. The van der Waals surface area contributed by atoms with Gasteiger partial charge in [-0.1, -0.05) is 149 Å².